The smallest absolute Gasteiger partial charge is 0.169 e. The van der Waals surface area contributed by atoms with E-state index in [1.165, 1.54) is 5.56 Å². The molecule has 2 N–H and O–H groups in total. The Kier molecular flexibility index (Phi) is 9.14. The molecule has 0 bridgehead atoms. The number of phenols is 1. The number of aryl methyl sites for hydroxylation is 1. The van der Waals surface area contributed by atoms with Gasteiger partial charge in [0.05, 0.1) is 13.2 Å². The van der Waals surface area contributed by atoms with Gasteiger partial charge in [-0.3, -0.25) is 0 Å². The molecule has 0 amide bonds. The van der Waals surface area contributed by atoms with Crippen LogP contribution in [0.3, 0.4) is 0 Å². The van der Waals surface area contributed by atoms with Crippen molar-refractivity contribution in [2.45, 2.75) is 13.5 Å². The third kappa shape index (κ3) is 6.75. The molecule has 148 valence electrons. The molecule has 0 aliphatic carbocycles. The van der Waals surface area contributed by atoms with Crippen LogP contribution in [0.15, 0.2) is 60.9 Å². The van der Waals surface area contributed by atoms with Crippen LogP contribution in [0.2, 0.25) is 0 Å². The Balaban J connectivity index is 0.000000344. The maximum Gasteiger partial charge on any atom is 0.169 e. The summed E-state index contributed by atoms with van der Waals surface area (Å²) < 4.78 is 7.15. The molecule has 1 fully saturated rings. The number of ether oxygens (including phenoxy) is 1. The van der Waals surface area contributed by atoms with Gasteiger partial charge in [0.1, 0.15) is 12.3 Å². The molecule has 0 unspecified atom stereocenters. The molecule has 3 aromatic rings. The average Bonchev–Trinajstić information content (AvgIpc) is 2.74. The third-order valence-electron chi connectivity index (χ3n) is 4.44. The maximum atomic E-state index is 9.48. The number of morpholine rings is 1. The van der Waals surface area contributed by atoms with Crippen LogP contribution in [0.1, 0.15) is 18.1 Å². The Morgan fingerprint density at radius 1 is 0.929 bits per heavy atom. The van der Waals surface area contributed by atoms with E-state index < -0.39 is 0 Å². The van der Waals surface area contributed by atoms with Crippen LogP contribution < -0.4 is 26.9 Å². The number of nitrogens with zero attached hydrogens (tertiary/aromatic N) is 1. The Morgan fingerprint density at radius 2 is 1.57 bits per heavy atom. The minimum absolute atomic E-state index is 0. The van der Waals surface area contributed by atoms with E-state index in [1.54, 1.807) is 12.1 Å². The highest BCUT2D eigenvalue weighted by Crippen LogP contribution is 2.21. The number of aromatic nitrogens is 1. The fourth-order valence-corrected chi connectivity index (χ4v) is 2.85. The van der Waals surface area contributed by atoms with Gasteiger partial charge in [-0.15, -0.1) is 0 Å². The highest BCUT2D eigenvalue weighted by molar-refractivity contribution is 5.87. The number of nitrogens with one attached hydrogen (secondary N) is 1. The second kappa shape index (κ2) is 11.6. The lowest BCUT2D eigenvalue weighted by Gasteiger charge is -2.10. The number of halogens is 1. The summed E-state index contributed by atoms with van der Waals surface area (Å²) >= 11 is 0. The molecule has 1 aliphatic rings. The predicted molar refractivity (Wildman–Crippen MR) is 111 cm³/mol. The second-order valence-corrected chi connectivity index (χ2v) is 6.45. The Labute approximate surface area is 177 Å². The molecule has 0 radical (unpaired) electrons. The van der Waals surface area contributed by atoms with Crippen molar-refractivity contribution in [2.75, 3.05) is 26.3 Å². The molecule has 0 saturated carbocycles. The molecule has 2 heterocycles. The van der Waals surface area contributed by atoms with Crippen molar-refractivity contribution < 1.29 is 31.4 Å². The zero-order chi connectivity index (χ0) is 18.9. The summed E-state index contributed by atoms with van der Waals surface area (Å²) in [6, 6.07) is 15.9. The van der Waals surface area contributed by atoms with Crippen LogP contribution in [0, 0.1) is 0 Å². The summed E-state index contributed by atoms with van der Waals surface area (Å²) in [6.07, 6.45) is 8.39. The molecule has 1 aliphatic heterocycles. The van der Waals surface area contributed by atoms with E-state index in [0.29, 0.717) is 5.75 Å². The first-order valence-corrected chi connectivity index (χ1v) is 9.43. The SMILES string of the molecule is C1COCCN1.CC[n+]1ccc(C=Cc2ccc3cc(O)ccc3c2)cc1.[Br-]. The normalized spacial score (nSPS) is 13.6. The van der Waals surface area contributed by atoms with E-state index in [0.717, 1.165) is 49.2 Å². The molecule has 2 aromatic carbocycles. The molecular formula is C23H27BrN2O2. The van der Waals surface area contributed by atoms with Gasteiger partial charge in [0.25, 0.3) is 0 Å². The van der Waals surface area contributed by atoms with Crippen molar-refractivity contribution in [3.8, 4) is 5.75 Å². The lowest BCUT2D eigenvalue weighted by Crippen LogP contribution is -3.00. The third-order valence-corrected chi connectivity index (χ3v) is 4.44. The summed E-state index contributed by atoms with van der Waals surface area (Å²) in [5, 5.41) is 14.8. The van der Waals surface area contributed by atoms with Crippen LogP contribution in [0.25, 0.3) is 22.9 Å². The van der Waals surface area contributed by atoms with Crippen molar-refractivity contribution in [1.82, 2.24) is 5.32 Å². The van der Waals surface area contributed by atoms with E-state index in [1.807, 2.05) is 12.1 Å². The van der Waals surface area contributed by atoms with E-state index in [-0.39, 0.29) is 17.0 Å². The van der Waals surface area contributed by atoms with Gasteiger partial charge in [0.2, 0.25) is 0 Å². The average molecular weight is 443 g/mol. The number of fused-ring (bicyclic) bond motifs is 1. The molecule has 0 atom stereocenters. The lowest BCUT2D eigenvalue weighted by atomic mass is 10.1. The zero-order valence-electron chi connectivity index (χ0n) is 16.1. The topological polar surface area (TPSA) is 45.4 Å². The molecule has 28 heavy (non-hydrogen) atoms. The quantitative estimate of drug-likeness (QED) is 0.584. The van der Waals surface area contributed by atoms with Gasteiger partial charge < -0.3 is 32.1 Å². The first kappa shape index (κ1) is 22.1. The standard InChI is InChI=1S/C19H17NO.C4H9NO.BrH/c1-2-20-11-9-15(10-12-20)3-4-16-5-6-18-14-19(21)8-7-17(18)13-16;1-3-6-4-2-5-1;/h3-14H,2H2,1H3;5H,1-4H2;1H. The monoisotopic (exact) mass is 442 g/mol. The van der Waals surface area contributed by atoms with Crippen LogP contribution in [-0.4, -0.2) is 31.4 Å². The van der Waals surface area contributed by atoms with Crippen molar-refractivity contribution in [2.24, 2.45) is 0 Å². The van der Waals surface area contributed by atoms with Gasteiger partial charge in [-0.25, -0.2) is 4.57 Å². The van der Waals surface area contributed by atoms with Gasteiger partial charge >= 0.3 is 0 Å². The van der Waals surface area contributed by atoms with E-state index >= 15 is 0 Å². The van der Waals surface area contributed by atoms with Crippen molar-refractivity contribution in [3.05, 3.63) is 72.1 Å². The summed E-state index contributed by atoms with van der Waals surface area (Å²) in [5.74, 6) is 0.305. The summed E-state index contributed by atoms with van der Waals surface area (Å²) in [6.45, 7) is 6.95. The van der Waals surface area contributed by atoms with Crippen LogP contribution in [-0.2, 0) is 11.3 Å². The number of aromatic hydroxyl groups is 1. The van der Waals surface area contributed by atoms with Crippen LogP contribution >= 0.6 is 0 Å². The minimum atomic E-state index is 0. The Morgan fingerprint density at radius 3 is 2.18 bits per heavy atom. The predicted octanol–water partition coefficient (Wildman–Crippen LogP) is 0.633. The largest absolute Gasteiger partial charge is 1.00 e. The highest BCUT2D eigenvalue weighted by Gasteiger charge is 1.97. The molecular weight excluding hydrogens is 416 g/mol. The summed E-state index contributed by atoms with van der Waals surface area (Å²) in [4.78, 5) is 0. The van der Waals surface area contributed by atoms with Crippen LogP contribution in [0.5, 0.6) is 5.75 Å². The number of phenolic OH excluding ortho intramolecular Hbond substituents is 1. The number of pyridine rings is 1. The van der Waals surface area contributed by atoms with Gasteiger partial charge in [-0.1, -0.05) is 30.4 Å². The Hall–Kier alpha value is -2.21. The molecule has 1 aromatic heterocycles. The van der Waals surface area contributed by atoms with Gasteiger partial charge in [-0.05, 0) is 47.0 Å². The summed E-state index contributed by atoms with van der Waals surface area (Å²) in [7, 11) is 0. The zero-order valence-corrected chi connectivity index (χ0v) is 17.7. The molecule has 4 nitrogen and oxygen atoms in total. The molecule has 1 saturated heterocycles. The van der Waals surface area contributed by atoms with Crippen LogP contribution in [0.4, 0.5) is 0 Å². The van der Waals surface area contributed by atoms with Gasteiger partial charge in [0, 0.05) is 25.2 Å². The first-order valence-electron chi connectivity index (χ1n) is 9.43. The number of hydrogen-bond donors (Lipinski definition) is 2. The van der Waals surface area contributed by atoms with Crippen molar-refractivity contribution in [1.29, 1.82) is 0 Å². The van der Waals surface area contributed by atoms with E-state index in [2.05, 4.69) is 65.6 Å². The summed E-state index contributed by atoms with van der Waals surface area (Å²) in [5.41, 5.74) is 2.34. The molecule has 4 rings (SSSR count). The van der Waals surface area contributed by atoms with E-state index in [9.17, 15) is 5.11 Å². The number of hydrogen-bond acceptors (Lipinski definition) is 3. The molecule has 5 heteroatoms. The highest BCUT2D eigenvalue weighted by atomic mass is 79.9. The van der Waals surface area contributed by atoms with Crippen molar-refractivity contribution in [3.63, 3.8) is 0 Å². The first-order chi connectivity index (χ1) is 13.2. The lowest BCUT2D eigenvalue weighted by molar-refractivity contribution is -0.693. The van der Waals surface area contributed by atoms with Crippen molar-refractivity contribution >= 4 is 22.9 Å². The number of rotatable bonds is 3. The fraction of sp³-hybridized carbons (Fsp3) is 0.261. The second-order valence-electron chi connectivity index (χ2n) is 6.45. The fourth-order valence-electron chi connectivity index (χ4n) is 2.85. The Bertz CT molecular complexity index is 879. The van der Waals surface area contributed by atoms with Gasteiger partial charge in [0.15, 0.2) is 12.4 Å². The minimum Gasteiger partial charge on any atom is -1.00 e. The molecule has 0 spiro atoms. The van der Waals surface area contributed by atoms with E-state index in [4.69, 9.17) is 4.74 Å². The number of benzene rings is 2. The maximum absolute atomic E-state index is 9.48. The van der Waals surface area contributed by atoms with Gasteiger partial charge in [-0.2, -0.15) is 0 Å².